The summed E-state index contributed by atoms with van der Waals surface area (Å²) in [7, 11) is 0.424. The molecule has 0 saturated carbocycles. The minimum atomic E-state index is -3.46. The van der Waals surface area contributed by atoms with Gasteiger partial charge in [-0.3, -0.25) is 0 Å². The van der Waals surface area contributed by atoms with E-state index < -0.39 is 10.0 Å². The van der Waals surface area contributed by atoms with Crippen LogP contribution in [0.5, 0.6) is 0 Å². The zero-order chi connectivity index (χ0) is 12.9. The Labute approximate surface area is 102 Å². The van der Waals surface area contributed by atoms with Crippen LogP contribution in [0.25, 0.3) is 0 Å². The number of aromatic nitrogens is 1. The quantitative estimate of drug-likeness (QED) is 0.695. The number of sulfonamides is 1. The standard InChI is InChI=1S/C10H18N4O2S/c1-14(2)7-3-6-13-17(15,16)9-4-5-10(11)12-8-9/h4-5,8,13H,3,6-7H2,1-2H3,(H2,11,12). The van der Waals surface area contributed by atoms with Gasteiger partial charge in [0.1, 0.15) is 10.7 Å². The summed E-state index contributed by atoms with van der Waals surface area (Å²) < 4.78 is 26.1. The first kappa shape index (κ1) is 13.9. The fourth-order valence-corrected chi connectivity index (χ4v) is 2.25. The molecule has 6 nitrogen and oxygen atoms in total. The van der Waals surface area contributed by atoms with Gasteiger partial charge in [-0.25, -0.2) is 18.1 Å². The molecule has 0 unspecified atom stereocenters. The van der Waals surface area contributed by atoms with Gasteiger partial charge in [-0.2, -0.15) is 0 Å². The number of hydrogen-bond donors (Lipinski definition) is 2. The lowest BCUT2D eigenvalue weighted by atomic mass is 10.4. The fraction of sp³-hybridized carbons (Fsp3) is 0.500. The second kappa shape index (κ2) is 5.95. The van der Waals surface area contributed by atoms with Gasteiger partial charge >= 0.3 is 0 Å². The highest BCUT2D eigenvalue weighted by Crippen LogP contribution is 2.08. The molecule has 3 N–H and O–H groups in total. The van der Waals surface area contributed by atoms with Crippen molar-refractivity contribution in [2.75, 3.05) is 32.9 Å². The lowest BCUT2D eigenvalue weighted by molar-refractivity contribution is 0.400. The fourth-order valence-electron chi connectivity index (χ4n) is 1.24. The van der Waals surface area contributed by atoms with E-state index in [0.717, 1.165) is 13.0 Å². The van der Waals surface area contributed by atoms with E-state index in [4.69, 9.17) is 5.73 Å². The second-order valence-corrected chi connectivity index (χ2v) is 5.74. The van der Waals surface area contributed by atoms with Crippen LogP contribution in [0.15, 0.2) is 23.2 Å². The van der Waals surface area contributed by atoms with E-state index in [1.807, 2.05) is 19.0 Å². The maximum Gasteiger partial charge on any atom is 0.242 e. The minimum Gasteiger partial charge on any atom is -0.384 e. The van der Waals surface area contributed by atoms with Gasteiger partial charge in [0.2, 0.25) is 10.0 Å². The van der Waals surface area contributed by atoms with Gasteiger partial charge < -0.3 is 10.6 Å². The number of pyridine rings is 1. The van der Waals surface area contributed by atoms with Gasteiger partial charge in [-0.15, -0.1) is 0 Å². The number of nitrogen functional groups attached to an aromatic ring is 1. The van der Waals surface area contributed by atoms with E-state index in [2.05, 4.69) is 9.71 Å². The predicted octanol–water partition coefficient (Wildman–Crippen LogP) is -0.106. The van der Waals surface area contributed by atoms with Crippen molar-refractivity contribution in [1.29, 1.82) is 0 Å². The Hall–Kier alpha value is -1.18. The average molecular weight is 258 g/mol. The van der Waals surface area contributed by atoms with E-state index in [1.165, 1.54) is 18.3 Å². The Balaban J connectivity index is 2.54. The molecule has 1 aromatic rings. The SMILES string of the molecule is CN(C)CCCNS(=O)(=O)c1ccc(N)nc1. The van der Waals surface area contributed by atoms with E-state index in [1.54, 1.807) is 0 Å². The van der Waals surface area contributed by atoms with Gasteiger partial charge in [0.25, 0.3) is 0 Å². The summed E-state index contributed by atoms with van der Waals surface area (Å²) >= 11 is 0. The summed E-state index contributed by atoms with van der Waals surface area (Å²) in [5.41, 5.74) is 5.39. The monoisotopic (exact) mass is 258 g/mol. The smallest absolute Gasteiger partial charge is 0.242 e. The van der Waals surface area contributed by atoms with E-state index in [0.29, 0.717) is 12.4 Å². The Morgan fingerprint density at radius 2 is 2.12 bits per heavy atom. The molecule has 7 heteroatoms. The van der Waals surface area contributed by atoms with Gasteiger partial charge in [0.15, 0.2) is 0 Å². The largest absolute Gasteiger partial charge is 0.384 e. The number of nitrogens with one attached hydrogen (secondary N) is 1. The molecule has 0 aliphatic carbocycles. The van der Waals surface area contributed by atoms with Crippen molar-refractivity contribution < 1.29 is 8.42 Å². The Morgan fingerprint density at radius 1 is 1.41 bits per heavy atom. The molecule has 0 atom stereocenters. The van der Waals surface area contributed by atoms with Crippen molar-refractivity contribution in [3.8, 4) is 0 Å². The van der Waals surface area contributed by atoms with Crippen LogP contribution in [-0.2, 0) is 10.0 Å². The maximum atomic E-state index is 11.8. The highest BCUT2D eigenvalue weighted by atomic mass is 32.2. The van der Waals surface area contributed by atoms with Gasteiger partial charge in [0, 0.05) is 12.7 Å². The van der Waals surface area contributed by atoms with Crippen LogP contribution in [-0.4, -0.2) is 45.5 Å². The van der Waals surface area contributed by atoms with Crippen molar-refractivity contribution in [3.05, 3.63) is 18.3 Å². The highest BCUT2D eigenvalue weighted by molar-refractivity contribution is 7.89. The molecule has 17 heavy (non-hydrogen) atoms. The first-order chi connectivity index (χ1) is 7.92. The summed E-state index contributed by atoms with van der Waals surface area (Å²) in [6.45, 7) is 1.24. The molecule has 1 heterocycles. The summed E-state index contributed by atoms with van der Waals surface area (Å²) in [5, 5.41) is 0. The van der Waals surface area contributed by atoms with Crippen LogP contribution in [0, 0.1) is 0 Å². The summed E-state index contributed by atoms with van der Waals surface area (Å²) in [6, 6.07) is 2.91. The van der Waals surface area contributed by atoms with E-state index in [9.17, 15) is 8.42 Å². The summed E-state index contributed by atoms with van der Waals surface area (Å²) in [5.74, 6) is 0.302. The normalized spacial score (nSPS) is 11.9. The molecule has 0 bridgehead atoms. The Kier molecular flexibility index (Phi) is 4.86. The Bertz CT molecular complexity index is 442. The van der Waals surface area contributed by atoms with Gasteiger partial charge in [-0.1, -0.05) is 0 Å². The number of nitrogens with two attached hydrogens (primary N) is 1. The first-order valence-electron chi connectivity index (χ1n) is 5.28. The number of nitrogens with zero attached hydrogens (tertiary/aromatic N) is 2. The van der Waals surface area contributed by atoms with Crippen molar-refractivity contribution >= 4 is 15.8 Å². The predicted molar refractivity (Wildman–Crippen MR) is 67.0 cm³/mol. The molecule has 1 aromatic heterocycles. The van der Waals surface area contributed by atoms with E-state index >= 15 is 0 Å². The second-order valence-electron chi connectivity index (χ2n) is 3.97. The van der Waals surface area contributed by atoms with Crippen LogP contribution >= 0.6 is 0 Å². The third-order valence-corrected chi connectivity index (χ3v) is 3.59. The maximum absolute atomic E-state index is 11.8. The molecular formula is C10H18N4O2S. The van der Waals surface area contributed by atoms with Crippen LogP contribution < -0.4 is 10.5 Å². The molecule has 0 aromatic carbocycles. The molecule has 1 rings (SSSR count). The zero-order valence-electron chi connectivity index (χ0n) is 10.0. The van der Waals surface area contributed by atoms with Crippen molar-refractivity contribution in [2.24, 2.45) is 0 Å². The van der Waals surface area contributed by atoms with Crippen molar-refractivity contribution in [3.63, 3.8) is 0 Å². The zero-order valence-corrected chi connectivity index (χ0v) is 10.9. The molecular weight excluding hydrogens is 240 g/mol. The minimum absolute atomic E-state index is 0.136. The van der Waals surface area contributed by atoms with Crippen LogP contribution in [0.2, 0.25) is 0 Å². The van der Waals surface area contributed by atoms with Gasteiger partial charge in [-0.05, 0) is 39.2 Å². The van der Waals surface area contributed by atoms with Crippen LogP contribution in [0.4, 0.5) is 5.82 Å². The molecule has 0 amide bonds. The third-order valence-electron chi connectivity index (χ3n) is 2.14. The molecule has 0 saturated heterocycles. The number of hydrogen-bond acceptors (Lipinski definition) is 5. The number of anilines is 1. The number of rotatable bonds is 6. The van der Waals surface area contributed by atoms with Gasteiger partial charge in [0.05, 0.1) is 0 Å². The summed E-state index contributed by atoms with van der Waals surface area (Å²) in [6.07, 6.45) is 2.01. The molecule has 0 fully saturated rings. The average Bonchev–Trinajstić information content (AvgIpc) is 2.25. The molecule has 0 radical (unpaired) electrons. The molecule has 96 valence electrons. The first-order valence-corrected chi connectivity index (χ1v) is 6.76. The molecule has 0 spiro atoms. The topological polar surface area (TPSA) is 88.3 Å². The van der Waals surface area contributed by atoms with Crippen molar-refractivity contribution in [2.45, 2.75) is 11.3 Å². The highest BCUT2D eigenvalue weighted by Gasteiger charge is 2.13. The Morgan fingerprint density at radius 3 is 2.65 bits per heavy atom. The lowest BCUT2D eigenvalue weighted by Gasteiger charge is -2.10. The molecule has 0 aliphatic heterocycles. The van der Waals surface area contributed by atoms with Crippen LogP contribution in [0.3, 0.4) is 0 Å². The third kappa shape index (κ3) is 4.68. The lowest BCUT2D eigenvalue weighted by Crippen LogP contribution is -2.27. The van der Waals surface area contributed by atoms with E-state index in [-0.39, 0.29) is 4.90 Å². The summed E-state index contributed by atoms with van der Waals surface area (Å²) in [4.78, 5) is 5.89. The van der Waals surface area contributed by atoms with Crippen LogP contribution in [0.1, 0.15) is 6.42 Å². The molecule has 0 aliphatic rings. The van der Waals surface area contributed by atoms with Crippen molar-refractivity contribution in [1.82, 2.24) is 14.6 Å².